The van der Waals surface area contributed by atoms with Crippen LogP contribution >= 0.6 is 0 Å². The molecule has 0 radical (unpaired) electrons. The molecule has 0 saturated heterocycles. The van der Waals surface area contributed by atoms with Crippen molar-refractivity contribution in [2.45, 2.75) is 44.4 Å². The Hall–Kier alpha value is -1.30. The molecule has 2 aliphatic rings. The molecule has 0 nitrogen and oxygen atoms in total. The molecule has 3 rings (SSSR count). The molecule has 0 bridgehead atoms. The molecule has 1 aromatic carbocycles. The summed E-state index contributed by atoms with van der Waals surface area (Å²) in [4.78, 5) is 0. The Balaban J connectivity index is 1.86. The van der Waals surface area contributed by atoms with Gasteiger partial charge in [0.15, 0.2) is 0 Å². The first-order valence-corrected chi connectivity index (χ1v) is 7.37. The van der Waals surface area contributed by atoms with Gasteiger partial charge in [-0.05, 0) is 48.7 Å². The molecule has 2 unspecified atom stereocenters. The predicted octanol–water partition coefficient (Wildman–Crippen LogP) is 5.24. The van der Waals surface area contributed by atoms with Crippen molar-refractivity contribution in [2.75, 3.05) is 0 Å². The van der Waals surface area contributed by atoms with Gasteiger partial charge in [-0.3, -0.25) is 0 Å². The van der Waals surface area contributed by atoms with Crippen molar-refractivity contribution in [2.24, 2.45) is 5.92 Å². The van der Waals surface area contributed by atoms with Crippen LogP contribution in [0.5, 0.6) is 0 Å². The lowest BCUT2D eigenvalue weighted by Gasteiger charge is -2.33. The van der Waals surface area contributed by atoms with Crippen LogP contribution in [0.2, 0.25) is 0 Å². The average Bonchev–Trinajstić information content (AvgIpc) is 2.49. The third-order valence-electron chi connectivity index (χ3n) is 4.45. The summed E-state index contributed by atoms with van der Waals surface area (Å²) in [5.41, 5.74) is 3.15. The second-order valence-corrected chi connectivity index (χ2v) is 5.59. The van der Waals surface area contributed by atoms with E-state index in [2.05, 4.69) is 48.6 Å². The highest BCUT2D eigenvalue weighted by Crippen LogP contribution is 2.42. The number of allylic oxidation sites excluding steroid dienone is 4. The first-order chi connectivity index (χ1) is 8.95. The number of hydrogen-bond donors (Lipinski definition) is 0. The summed E-state index contributed by atoms with van der Waals surface area (Å²) >= 11 is 0. The largest absolute Gasteiger partial charge is 0.0840 e. The Kier molecular flexibility index (Phi) is 3.64. The van der Waals surface area contributed by atoms with Crippen LogP contribution in [-0.2, 0) is 0 Å². The Morgan fingerprint density at radius 1 is 0.833 bits per heavy atom. The summed E-state index contributed by atoms with van der Waals surface area (Å²) in [6.45, 7) is 0. The third-order valence-corrected chi connectivity index (χ3v) is 4.45. The van der Waals surface area contributed by atoms with E-state index in [1.54, 1.807) is 11.1 Å². The quantitative estimate of drug-likeness (QED) is 0.661. The topological polar surface area (TPSA) is 0 Å². The highest BCUT2D eigenvalue weighted by Gasteiger charge is 2.28. The highest BCUT2D eigenvalue weighted by molar-refractivity contribution is 5.31. The molecule has 1 aromatic rings. The van der Waals surface area contributed by atoms with Gasteiger partial charge in [-0.2, -0.15) is 0 Å². The third kappa shape index (κ3) is 2.43. The van der Waals surface area contributed by atoms with Crippen molar-refractivity contribution >= 4 is 0 Å². The summed E-state index contributed by atoms with van der Waals surface area (Å²) in [6, 6.07) is 11.1. The molecule has 1 fully saturated rings. The van der Waals surface area contributed by atoms with E-state index in [1.807, 2.05) is 0 Å². The summed E-state index contributed by atoms with van der Waals surface area (Å²) in [7, 11) is 0. The van der Waals surface area contributed by atoms with Crippen LogP contribution in [0.3, 0.4) is 0 Å². The molecule has 0 aliphatic heterocycles. The molecular weight excluding hydrogens is 216 g/mol. The van der Waals surface area contributed by atoms with Gasteiger partial charge in [0.05, 0.1) is 0 Å². The standard InChI is InChI=1S/C18H22/c1-3-9-15(10-4-1)17-13-7-8-14-18(17)16-11-5-2-6-12-16/h1,3-5,9-12,17-18H,2,6-8,13-14H2. The molecule has 0 spiro atoms. The fourth-order valence-corrected chi connectivity index (χ4v) is 3.54. The molecule has 0 amide bonds. The maximum absolute atomic E-state index is 2.48. The lowest BCUT2D eigenvalue weighted by Crippen LogP contribution is -2.19. The first kappa shape index (κ1) is 11.8. The van der Waals surface area contributed by atoms with Crippen molar-refractivity contribution in [1.82, 2.24) is 0 Å². The van der Waals surface area contributed by atoms with Gasteiger partial charge >= 0.3 is 0 Å². The van der Waals surface area contributed by atoms with E-state index in [4.69, 9.17) is 0 Å². The van der Waals surface area contributed by atoms with Gasteiger partial charge in [0.25, 0.3) is 0 Å². The molecule has 18 heavy (non-hydrogen) atoms. The van der Waals surface area contributed by atoms with Gasteiger partial charge in [-0.25, -0.2) is 0 Å². The minimum Gasteiger partial charge on any atom is -0.0840 e. The zero-order valence-electron chi connectivity index (χ0n) is 11.0. The number of benzene rings is 1. The van der Waals surface area contributed by atoms with E-state index < -0.39 is 0 Å². The Morgan fingerprint density at radius 2 is 1.61 bits per heavy atom. The number of hydrogen-bond acceptors (Lipinski definition) is 0. The first-order valence-electron chi connectivity index (χ1n) is 7.37. The fourth-order valence-electron chi connectivity index (χ4n) is 3.54. The van der Waals surface area contributed by atoms with Crippen molar-refractivity contribution < 1.29 is 0 Å². The van der Waals surface area contributed by atoms with E-state index >= 15 is 0 Å². The summed E-state index contributed by atoms with van der Waals surface area (Å²) in [6.07, 6.45) is 15.2. The normalized spacial score (nSPS) is 27.9. The van der Waals surface area contributed by atoms with Crippen LogP contribution in [-0.4, -0.2) is 0 Å². The Bertz CT molecular complexity index is 438. The van der Waals surface area contributed by atoms with Gasteiger partial charge in [0.2, 0.25) is 0 Å². The molecule has 0 aromatic heterocycles. The van der Waals surface area contributed by atoms with Gasteiger partial charge in [-0.15, -0.1) is 0 Å². The minimum absolute atomic E-state index is 0.744. The molecular formula is C18H22. The summed E-state index contributed by atoms with van der Waals surface area (Å²) < 4.78 is 0. The molecule has 2 aliphatic carbocycles. The Morgan fingerprint density at radius 3 is 2.33 bits per heavy atom. The Labute approximate surface area is 110 Å². The molecule has 0 heterocycles. The fraction of sp³-hybridized carbons (Fsp3) is 0.444. The van der Waals surface area contributed by atoms with Crippen LogP contribution < -0.4 is 0 Å². The van der Waals surface area contributed by atoms with Gasteiger partial charge < -0.3 is 0 Å². The van der Waals surface area contributed by atoms with Crippen LogP contribution in [0, 0.1) is 5.92 Å². The summed E-state index contributed by atoms with van der Waals surface area (Å²) in [5, 5.41) is 0. The van der Waals surface area contributed by atoms with Crippen LogP contribution in [0.4, 0.5) is 0 Å². The maximum Gasteiger partial charge on any atom is -0.00932 e. The summed E-state index contributed by atoms with van der Waals surface area (Å²) in [5.74, 6) is 1.51. The second kappa shape index (κ2) is 5.56. The van der Waals surface area contributed by atoms with E-state index in [9.17, 15) is 0 Å². The van der Waals surface area contributed by atoms with Crippen LogP contribution in [0.15, 0.2) is 54.1 Å². The molecule has 0 N–H and O–H groups in total. The predicted molar refractivity (Wildman–Crippen MR) is 77.6 cm³/mol. The monoisotopic (exact) mass is 238 g/mol. The zero-order valence-corrected chi connectivity index (χ0v) is 11.0. The maximum atomic E-state index is 2.48. The lowest BCUT2D eigenvalue weighted by atomic mass is 9.71. The highest BCUT2D eigenvalue weighted by atomic mass is 14.3. The van der Waals surface area contributed by atoms with Crippen LogP contribution in [0.1, 0.15) is 50.0 Å². The van der Waals surface area contributed by atoms with E-state index in [0.717, 1.165) is 11.8 Å². The van der Waals surface area contributed by atoms with Crippen molar-refractivity contribution in [1.29, 1.82) is 0 Å². The van der Waals surface area contributed by atoms with Gasteiger partial charge in [0.1, 0.15) is 0 Å². The van der Waals surface area contributed by atoms with Crippen molar-refractivity contribution in [3.05, 3.63) is 59.7 Å². The van der Waals surface area contributed by atoms with Gasteiger partial charge in [-0.1, -0.05) is 61.4 Å². The van der Waals surface area contributed by atoms with E-state index in [0.29, 0.717) is 0 Å². The molecule has 2 atom stereocenters. The smallest absolute Gasteiger partial charge is 0.00932 e. The van der Waals surface area contributed by atoms with E-state index in [-0.39, 0.29) is 0 Å². The van der Waals surface area contributed by atoms with E-state index in [1.165, 1.54) is 38.5 Å². The minimum atomic E-state index is 0.744. The zero-order chi connectivity index (χ0) is 12.2. The average molecular weight is 238 g/mol. The molecule has 94 valence electrons. The molecule has 1 saturated carbocycles. The van der Waals surface area contributed by atoms with Crippen molar-refractivity contribution in [3.8, 4) is 0 Å². The van der Waals surface area contributed by atoms with Crippen LogP contribution in [0.25, 0.3) is 0 Å². The van der Waals surface area contributed by atoms with Crippen molar-refractivity contribution in [3.63, 3.8) is 0 Å². The van der Waals surface area contributed by atoms with Gasteiger partial charge in [0, 0.05) is 0 Å². The molecule has 0 heteroatoms. The lowest BCUT2D eigenvalue weighted by molar-refractivity contribution is 0.351. The SMILES string of the molecule is C1=CC(C2CCCCC2c2ccccc2)=CCC1. The second-order valence-electron chi connectivity index (χ2n) is 5.59. The number of rotatable bonds is 2.